The number of ether oxygens (including phenoxy) is 1. The fourth-order valence-corrected chi connectivity index (χ4v) is 4.68. The molecule has 0 aliphatic carbocycles. The second-order valence-electron chi connectivity index (χ2n) is 9.98. The van der Waals surface area contributed by atoms with Crippen molar-refractivity contribution in [1.82, 2.24) is 19.4 Å². The Morgan fingerprint density at radius 1 is 0.936 bits per heavy atom. The summed E-state index contributed by atoms with van der Waals surface area (Å²) in [6, 6.07) is 18.4. The summed E-state index contributed by atoms with van der Waals surface area (Å²) in [5.74, 6) is 0.337. The molecule has 2 atom stereocenters. The summed E-state index contributed by atoms with van der Waals surface area (Å²) in [6.07, 6.45) is -11.2. The zero-order chi connectivity index (χ0) is 34.6. The van der Waals surface area contributed by atoms with Crippen LogP contribution in [0.25, 0.3) is 0 Å². The number of hydrogen-bond donors (Lipinski definition) is 3. The average Bonchev–Trinajstić information content (AvgIpc) is 3.40. The molecule has 0 bridgehead atoms. The lowest BCUT2D eigenvalue weighted by molar-refractivity contribution is -0.143. The molecule has 3 N–H and O–H groups in total. The lowest BCUT2D eigenvalue weighted by Gasteiger charge is -2.25. The molecule has 47 heavy (non-hydrogen) atoms. The Bertz CT molecular complexity index is 1530. The standard InChI is InChI=1S/C14H19N4O4P.C10H8F6O.C6H5F/c19-14-15-13(10-17-6-8-21-9-7-17)16-18(14)23(20)22-11-12-4-2-1-3-5-12;1-5(17)6-2-7(9(11,12)13)4-8(3-6)10(14,15)16;7-6-4-2-1-3-5-6/h1-5,20H,6-11H2,(H,15,16,19);2-5,17H,1H3;1-5H/t;5-;/m.1./s1. The highest BCUT2D eigenvalue weighted by Crippen LogP contribution is 2.37. The van der Waals surface area contributed by atoms with E-state index in [9.17, 15) is 40.4 Å². The number of aromatic amines is 1. The molecular formula is C30H32F7N4O5P. The molecule has 3 aromatic carbocycles. The first-order chi connectivity index (χ1) is 22.1. The molecule has 9 nitrogen and oxygen atoms in total. The minimum atomic E-state index is -4.88. The molecule has 0 radical (unpaired) electrons. The maximum Gasteiger partial charge on any atom is 0.416 e. The van der Waals surface area contributed by atoms with E-state index in [1.165, 1.54) is 12.1 Å². The molecule has 2 heterocycles. The smallest absolute Gasteiger partial charge is 0.389 e. The van der Waals surface area contributed by atoms with Gasteiger partial charge in [0, 0.05) is 13.1 Å². The van der Waals surface area contributed by atoms with Crippen molar-refractivity contribution in [2.75, 3.05) is 26.3 Å². The van der Waals surface area contributed by atoms with Crippen LogP contribution in [0.1, 0.15) is 41.1 Å². The average molecular weight is 693 g/mol. The van der Waals surface area contributed by atoms with E-state index in [-0.39, 0.29) is 18.5 Å². The number of rotatable bonds is 7. The predicted octanol–water partition coefficient (Wildman–Crippen LogP) is 6.29. The van der Waals surface area contributed by atoms with Crippen molar-refractivity contribution in [3.63, 3.8) is 0 Å². The number of alkyl halides is 6. The molecule has 1 aromatic heterocycles. The Hall–Kier alpha value is -3.66. The second kappa shape index (κ2) is 17.5. The van der Waals surface area contributed by atoms with Crippen LogP contribution in [0, 0.1) is 5.82 Å². The predicted molar refractivity (Wildman–Crippen MR) is 158 cm³/mol. The fraction of sp³-hybridized carbons (Fsp3) is 0.333. The first kappa shape index (κ1) is 37.8. The molecule has 256 valence electrons. The highest BCUT2D eigenvalue weighted by molar-refractivity contribution is 7.44. The van der Waals surface area contributed by atoms with Gasteiger partial charge in [-0.1, -0.05) is 48.5 Å². The monoisotopic (exact) mass is 692 g/mol. The molecule has 1 aliphatic heterocycles. The van der Waals surface area contributed by atoms with Crippen molar-refractivity contribution in [2.24, 2.45) is 0 Å². The van der Waals surface area contributed by atoms with E-state index in [4.69, 9.17) is 14.4 Å². The maximum absolute atomic E-state index is 12.4. The number of aromatic nitrogens is 3. The molecule has 1 saturated heterocycles. The number of nitrogens with zero attached hydrogens (tertiary/aromatic N) is 3. The van der Waals surface area contributed by atoms with Crippen molar-refractivity contribution >= 4 is 8.53 Å². The second-order valence-corrected chi connectivity index (χ2v) is 11.1. The highest BCUT2D eigenvalue weighted by atomic mass is 31.2. The molecule has 17 heteroatoms. The Labute approximate surface area is 266 Å². The van der Waals surface area contributed by atoms with Gasteiger partial charge in [-0.2, -0.15) is 26.3 Å². The normalized spacial score (nSPS) is 15.1. The molecule has 1 unspecified atom stereocenters. The number of morpholine rings is 1. The van der Waals surface area contributed by atoms with Gasteiger partial charge in [0.2, 0.25) is 0 Å². The van der Waals surface area contributed by atoms with E-state index in [1.807, 2.05) is 30.3 Å². The summed E-state index contributed by atoms with van der Waals surface area (Å²) in [7, 11) is -2.10. The van der Waals surface area contributed by atoms with Crippen molar-refractivity contribution in [1.29, 1.82) is 0 Å². The summed E-state index contributed by atoms with van der Waals surface area (Å²) < 4.78 is 97.6. The van der Waals surface area contributed by atoms with Crippen molar-refractivity contribution in [2.45, 2.75) is 38.5 Å². The topological polar surface area (TPSA) is 113 Å². The van der Waals surface area contributed by atoms with Gasteiger partial charge in [-0.3, -0.25) is 9.88 Å². The summed E-state index contributed by atoms with van der Waals surface area (Å²) in [5, 5.41) is 13.2. The van der Waals surface area contributed by atoms with E-state index in [0.29, 0.717) is 37.7 Å². The number of halogens is 7. The van der Waals surface area contributed by atoms with Crippen LogP contribution in [-0.2, 0) is 34.8 Å². The van der Waals surface area contributed by atoms with Gasteiger partial charge in [0.05, 0.1) is 43.6 Å². The molecule has 0 spiro atoms. The Balaban J connectivity index is 0.000000218. The largest absolute Gasteiger partial charge is 0.416 e. The van der Waals surface area contributed by atoms with Crippen LogP contribution in [0.3, 0.4) is 0 Å². The van der Waals surface area contributed by atoms with Crippen LogP contribution in [0.2, 0.25) is 0 Å². The lowest BCUT2D eigenvalue weighted by Crippen LogP contribution is -2.36. The quantitative estimate of drug-likeness (QED) is 0.154. The first-order valence-corrected chi connectivity index (χ1v) is 15.1. The third-order valence-electron chi connectivity index (χ3n) is 6.30. The van der Waals surface area contributed by atoms with E-state index in [2.05, 4.69) is 15.0 Å². The van der Waals surface area contributed by atoms with E-state index < -0.39 is 49.4 Å². The number of aliphatic hydroxyl groups is 1. The van der Waals surface area contributed by atoms with Gasteiger partial charge in [0.15, 0.2) is 0 Å². The van der Waals surface area contributed by atoms with Crippen LogP contribution >= 0.6 is 8.53 Å². The number of aliphatic hydroxyl groups excluding tert-OH is 1. The molecule has 5 rings (SSSR count). The minimum Gasteiger partial charge on any atom is -0.389 e. The van der Waals surface area contributed by atoms with Crippen molar-refractivity contribution in [3.8, 4) is 0 Å². The lowest BCUT2D eigenvalue weighted by atomic mass is 10.0. The Kier molecular flexibility index (Phi) is 14.1. The van der Waals surface area contributed by atoms with Crippen LogP contribution < -0.4 is 5.69 Å². The zero-order valence-corrected chi connectivity index (χ0v) is 25.8. The van der Waals surface area contributed by atoms with Crippen molar-refractivity contribution < 1.29 is 50.0 Å². The zero-order valence-electron chi connectivity index (χ0n) is 24.9. The van der Waals surface area contributed by atoms with Crippen molar-refractivity contribution in [3.05, 3.63) is 123 Å². The van der Waals surface area contributed by atoms with Crippen LogP contribution in [0.5, 0.6) is 0 Å². The summed E-state index contributed by atoms with van der Waals surface area (Å²) in [4.78, 5) is 26.8. The summed E-state index contributed by atoms with van der Waals surface area (Å²) >= 11 is 0. The third kappa shape index (κ3) is 12.8. The highest BCUT2D eigenvalue weighted by Gasteiger charge is 2.37. The number of nitrogens with one attached hydrogen (secondary N) is 1. The van der Waals surface area contributed by atoms with Gasteiger partial charge < -0.3 is 19.3 Å². The van der Waals surface area contributed by atoms with Gasteiger partial charge in [-0.15, -0.1) is 9.55 Å². The van der Waals surface area contributed by atoms with E-state index in [1.54, 1.807) is 18.2 Å². The molecule has 1 aliphatic rings. The first-order valence-electron chi connectivity index (χ1n) is 14.0. The third-order valence-corrected chi connectivity index (χ3v) is 7.26. The van der Waals surface area contributed by atoms with Crippen LogP contribution in [0.4, 0.5) is 30.7 Å². The van der Waals surface area contributed by atoms with E-state index in [0.717, 1.165) is 30.0 Å². The van der Waals surface area contributed by atoms with Crippen LogP contribution in [-0.4, -0.2) is 55.7 Å². The fourth-order valence-electron chi connectivity index (χ4n) is 3.91. The van der Waals surface area contributed by atoms with E-state index >= 15 is 0 Å². The van der Waals surface area contributed by atoms with Gasteiger partial charge in [0.1, 0.15) is 11.6 Å². The molecular weight excluding hydrogens is 660 g/mol. The van der Waals surface area contributed by atoms with Gasteiger partial charge in [-0.25, -0.2) is 9.18 Å². The summed E-state index contributed by atoms with van der Waals surface area (Å²) in [6.45, 7) is 4.79. The Morgan fingerprint density at radius 2 is 1.47 bits per heavy atom. The van der Waals surface area contributed by atoms with Crippen LogP contribution in [0.15, 0.2) is 83.7 Å². The number of hydrogen-bond acceptors (Lipinski definition) is 7. The number of H-pyrrole nitrogens is 1. The van der Waals surface area contributed by atoms with Gasteiger partial charge in [0.25, 0.3) is 0 Å². The molecule has 0 amide bonds. The minimum absolute atomic E-state index is 0.0197. The van der Waals surface area contributed by atoms with Gasteiger partial charge in [-0.05, 0) is 48.4 Å². The molecule has 1 fully saturated rings. The maximum atomic E-state index is 12.4. The number of benzene rings is 3. The van der Waals surface area contributed by atoms with Gasteiger partial charge >= 0.3 is 26.6 Å². The summed E-state index contributed by atoms with van der Waals surface area (Å²) in [5.41, 5.74) is -2.82. The Morgan fingerprint density at radius 3 is 1.94 bits per heavy atom. The molecule has 4 aromatic rings. The molecule has 0 saturated carbocycles. The SMILES string of the molecule is C[C@@H](O)c1cc(C(F)(F)F)cc(C(F)(F)F)c1.Fc1ccccc1.O=c1[nH]c(CN2CCOCC2)nn1P(O)OCc1ccccc1.